The van der Waals surface area contributed by atoms with Gasteiger partial charge in [-0.1, -0.05) is 102 Å². The molecule has 0 bridgehead atoms. The molecule has 4 aromatic carbocycles. The number of hydrogen-bond donors (Lipinski definition) is 0. The first-order valence-corrected chi connectivity index (χ1v) is 17.8. The molecule has 2 atom stereocenters. The average Bonchev–Trinajstić information content (AvgIpc) is 3.65. The number of anilines is 3. The maximum Gasteiger partial charge on any atom is 2.00 e. The topological polar surface area (TPSA) is 47.0 Å². The van der Waals surface area contributed by atoms with Crippen LogP contribution < -0.4 is 9.64 Å². The molecule has 6 heteroatoms. The molecule has 2 aliphatic heterocycles. The van der Waals surface area contributed by atoms with E-state index in [9.17, 15) is 0 Å². The Hall–Kier alpha value is -4.21. The molecule has 1 aromatic heterocycles. The van der Waals surface area contributed by atoms with Gasteiger partial charge in [0.05, 0.1) is 6.04 Å². The van der Waals surface area contributed by atoms with Crippen LogP contribution in [0, 0.1) is 26.0 Å². The fourth-order valence-electron chi connectivity index (χ4n) is 7.74. The van der Waals surface area contributed by atoms with E-state index in [2.05, 4.69) is 146 Å². The summed E-state index contributed by atoms with van der Waals surface area (Å²) in [5.74, 6) is 3.01. The van der Waals surface area contributed by atoms with Crippen LogP contribution in [0.2, 0.25) is 0 Å². The zero-order valence-electron chi connectivity index (χ0n) is 30.9. The summed E-state index contributed by atoms with van der Waals surface area (Å²) >= 11 is 0. The van der Waals surface area contributed by atoms with Crippen molar-refractivity contribution in [2.45, 2.75) is 97.6 Å². The van der Waals surface area contributed by atoms with Gasteiger partial charge in [0.2, 0.25) is 0 Å². The molecular formula is C45H45N3O2Pt. The molecule has 3 aliphatic rings. The number of hydrogen-bond acceptors (Lipinski definition) is 5. The maximum absolute atomic E-state index is 6.66. The van der Waals surface area contributed by atoms with Gasteiger partial charge in [-0.3, -0.25) is 4.99 Å². The van der Waals surface area contributed by atoms with Gasteiger partial charge in [0, 0.05) is 23.4 Å². The molecule has 1 aliphatic carbocycles. The van der Waals surface area contributed by atoms with Crippen LogP contribution >= 0.6 is 0 Å². The van der Waals surface area contributed by atoms with Crippen molar-refractivity contribution in [2.75, 3.05) is 4.90 Å². The summed E-state index contributed by atoms with van der Waals surface area (Å²) in [7, 11) is 0. The Morgan fingerprint density at radius 1 is 0.922 bits per heavy atom. The van der Waals surface area contributed by atoms with Crippen molar-refractivity contribution in [3.05, 3.63) is 141 Å². The Bertz CT molecular complexity index is 2190. The maximum atomic E-state index is 6.66. The minimum absolute atomic E-state index is 0. The summed E-state index contributed by atoms with van der Waals surface area (Å²) in [6.07, 6.45) is 2.75. The summed E-state index contributed by atoms with van der Waals surface area (Å²) in [5.41, 5.74) is 12.7. The van der Waals surface area contributed by atoms with Gasteiger partial charge in [-0.05, 0) is 88.6 Å². The zero-order chi connectivity index (χ0) is 35.1. The number of rotatable bonds is 5. The first-order chi connectivity index (χ1) is 23.8. The molecule has 51 heavy (non-hydrogen) atoms. The summed E-state index contributed by atoms with van der Waals surface area (Å²) in [6.45, 7) is 20.0. The third-order valence-electron chi connectivity index (χ3n) is 10.9. The third-order valence-corrected chi connectivity index (χ3v) is 10.9. The van der Waals surface area contributed by atoms with Crippen LogP contribution in [0.25, 0.3) is 0 Å². The van der Waals surface area contributed by atoms with Gasteiger partial charge in [-0.2, -0.15) is 6.07 Å². The zero-order valence-corrected chi connectivity index (χ0v) is 33.2. The van der Waals surface area contributed by atoms with Crippen LogP contribution in [-0.4, -0.2) is 16.9 Å². The fourth-order valence-corrected chi connectivity index (χ4v) is 7.74. The molecule has 0 saturated carbocycles. The van der Waals surface area contributed by atoms with E-state index in [1.807, 2.05) is 12.3 Å². The third kappa shape index (κ3) is 6.02. The average molecular weight is 855 g/mol. The summed E-state index contributed by atoms with van der Waals surface area (Å²) < 4.78 is 13.3. The van der Waals surface area contributed by atoms with E-state index in [0.717, 1.165) is 40.3 Å². The largest absolute Gasteiger partial charge is 2.00 e. The van der Waals surface area contributed by atoms with E-state index >= 15 is 0 Å². The molecule has 262 valence electrons. The van der Waals surface area contributed by atoms with Crippen molar-refractivity contribution in [3.63, 3.8) is 0 Å². The number of aryl methyl sites for hydroxylation is 1. The van der Waals surface area contributed by atoms with Crippen LogP contribution in [0.1, 0.15) is 111 Å². The van der Waals surface area contributed by atoms with Crippen LogP contribution in [0.15, 0.2) is 84.0 Å². The Balaban J connectivity index is 0.00000406. The smallest absolute Gasteiger partial charge is 0.510 e. The van der Waals surface area contributed by atoms with E-state index in [4.69, 9.17) is 19.5 Å². The van der Waals surface area contributed by atoms with Gasteiger partial charge in [0.15, 0.2) is 0 Å². The molecule has 5 aromatic rings. The molecule has 0 amide bonds. The Morgan fingerprint density at radius 3 is 2.47 bits per heavy atom. The normalized spacial score (nSPS) is 18.2. The first-order valence-electron chi connectivity index (χ1n) is 17.8. The number of para-hydroxylation sites is 1. The summed E-state index contributed by atoms with van der Waals surface area (Å²) in [4.78, 5) is 12.2. The number of fused-ring (bicyclic) bond motifs is 5. The van der Waals surface area contributed by atoms with Crippen molar-refractivity contribution >= 4 is 23.1 Å². The number of pyridine rings is 1. The van der Waals surface area contributed by atoms with Crippen LogP contribution in [-0.2, 0) is 43.1 Å². The van der Waals surface area contributed by atoms with E-state index in [1.54, 1.807) is 0 Å². The van der Waals surface area contributed by atoms with Crippen LogP contribution in [0.3, 0.4) is 0 Å². The second-order valence-electron chi connectivity index (χ2n) is 16.0. The molecule has 0 saturated heterocycles. The molecule has 0 N–H and O–H groups in total. The quantitative estimate of drug-likeness (QED) is 0.165. The minimum Gasteiger partial charge on any atom is -0.510 e. The Kier molecular flexibility index (Phi) is 8.82. The first kappa shape index (κ1) is 35.2. The van der Waals surface area contributed by atoms with Gasteiger partial charge >= 0.3 is 21.1 Å². The Morgan fingerprint density at radius 2 is 1.71 bits per heavy atom. The van der Waals surface area contributed by atoms with Gasteiger partial charge < -0.3 is 14.4 Å². The molecule has 0 radical (unpaired) electrons. The second kappa shape index (κ2) is 12.8. The fraction of sp³-hybridized carbons (Fsp3) is 0.333. The number of aliphatic imine (C=N–C) groups is 1. The van der Waals surface area contributed by atoms with Gasteiger partial charge in [0.25, 0.3) is 0 Å². The van der Waals surface area contributed by atoms with Gasteiger partial charge in [0.1, 0.15) is 17.8 Å². The van der Waals surface area contributed by atoms with Crippen LogP contribution in [0.4, 0.5) is 17.2 Å². The SMILES string of the molecule is Cc1ccc2c(c1C)C[C@H]1N=C(c3[c-]c(Oc4[c-]c5c(cc4)C(C)(C)c4ccccc4N5c4cc(C(C)(C)C)ccn4)cc(C(C)C)c3)O[C@@H]21.[Pt+2]. The number of nitrogens with zero attached hydrogens (tertiary/aromatic N) is 3. The summed E-state index contributed by atoms with van der Waals surface area (Å²) in [6, 6.07) is 33.0. The van der Waals surface area contributed by atoms with E-state index in [1.165, 1.54) is 33.4 Å². The van der Waals surface area contributed by atoms with E-state index in [-0.39, 0.29) is 50.0 Å². The van der Waals surface area contributed by atoms with Crippen LogP contribution in [0.5, 0.6) is 11.5 Å². The number of ether oxygens (including phenoxy) is 2. The molecular weight excluding hydrogens is 810 g/mol. The molecule has 3 heterocycles. The standard InChI is InChI=1S/C45H45N3O2.Pt/c1-26(2)29-20-30(43-47-38-25-35-28(4)27(3)14-16-34(35)42(38)50-43)22-33(21-29)49-32-15-17-37-40(24-32)48(39-13-11-10-12-36(39)45(37,8)9)41-23-31(18-19-46-41)44(5,6)7;/h10-21,23,26,38,42H,25H2,1-9H3;/q-2;+2/t38-,42+;/m1./s1. The van der Waals surface area contributed by atoms with Gasteiger partial charge in [-0.15, -0.1) is 29.3 Å². The van der Waals surface area contributed by atoms with E-state index < -0.39 is 0 Å². The van der Waals surface area contributed by atoms with Gasteiger partial charge in [-0.25, -0.2) is 4.98 Å². The molecule has 5 nitrogen and oxygen atoms in total. The summed E-state index contributed by atoms with van der Waals surface area (Å²) in [5, 5.41) is 0. The number of benzene rings is 4. The minimum atomic E-state index is -0.248. The molecule has 0 spiro atoms. The van der Waals surface area contributed by atoms with Crippen molar-refractivity contribution in [2.24, 2.45) is 4.99 Å². The van der Waals surface area contributed by atoms with E-state index in [0.29, 0.717) is 17.4 Å². The van der Waals surface area contributed by atoms with Crippen molar-refractivity contribution in [3.8, 4) is 11.5 Å². The van der Waals surface area contributed by atoms with Crippen molar-refractivity contribution in [1.29, 1.82) is 0 Å². The predicted molar refractivity (Wildman–Crippen MR) is 202 cm³/mol. The van der Waals surface area contributed by atoms with Crippen molar-refractivity contribution < 1.29 is 30.5 Å². The predicted octanol–water partition coefficient (Wildman–Crippen LogP) is 11.1. The Labute approximate surface area is 317 Å². The molecule has 0 unspecified atom stereocenters. The monoisotopic (exact) mass is 854 g/mol. The molecule has 8 rings (SSSR count). The van der Waals surface area contributed by atoms with Crippen molar-refractivity contribution in [1.82, 2.24) is 4.98 Å². The second-order valence-corrected chi connectivity index (χ2v) is 16.0. The molecule has 0 fully saturated rings. The number of aromatic nitrogens is 1.